The minimum absolute atomic E-state index is 0.0398. The van der Waals surface area contributed by atoms with Crippen molar-refractivity contribution in [2.24, 2.45) is 0 Å². The van der Waals surface area contributed by atoms with Crippen molar-refractivity contribution in [3.63, 3.8) is 0 Å². The first-order chi connectivity index (χ1) is 11.6. The average molecular weight is 344 g/mol. The fourth-order valence-corrected chi connectivity index (χ4v) is 2.07. The molecule has 0 atom stereocenters. The number of carbonyl (C=O) groups excluding carboxylic acids is 2. The maximum Gasteiger partial charge on any atom is 0.276 e. The zero-order valence-corrected chi connectivity index (χ0v) is 13.3. The number of benzene rings is 2. The molecule has 0 aromatic heterocycles. The Morgan fingerprint density at radius 1 is 1.04 bits per heavy atom. The molecule has 7 heteroatoms. The van der Waals surface area contributed by atoms with E-state index in [4.69, 9.17) is 21.6 Å². The van der Waals surface area contributed by atoms with Gasteiger partial charge < -0.3 is 4.74 Å². The van der Waals surface area contributed by atoms with Gasteiger partial charge in [-0.05, 0) is 23.8 Å². The van der Waals surface area contributed by atoms with Crippen molar-refractivity contribution in [3.05, 3.63) is 64.7 Å². The quantitative estimate of drug-likeness (QED) is 0.812. The maximum absolute atomic E-state index is 11.8. The number of rotatable bonds is 5. The summed E-state index contributed by atoms with van der Waals surface area (Å²) in [5.41, 5.74) is 5.51. The van der Waals surface area contributed by atoms with Crippen LogP contribution in [0.15, 0.2) is 48.5 Å². The Kier molecular flexibility index (Phi) is 6.17. The Balaban J connectivity index is 1.78. The van der Waals surface area contributed by atoms with Crippen LogP contribution in [0, 0.1) is 11.3 Å². The highest BCUT2D eigenvalue weighted by Crippen LogP contribution is 2.16. The summed E-state index contributed by atoms with van der Waals surface area (Å²) in [6.45, 7) is -0.328. The largest absolute Gasteiger partial charge is 0.482 e. The van der Waals surface area contributed by atoms with Gasteiger partial charge in [0, 0.05) is 5.02 Å². The Bertz CT molecular complexity index is 787. The number of hydrogen-bond acceptors (Lipinski definition) is 4. The summed E-state index contributed by atoms with van der Waals surface area (Å²) in [7, 11) is 0. The number of hydrazine groups is 1. The van der Waals surface area contributed by atoms with Crippen LogP contribution in [0.4, 0.5) is 0 Å². The van der Waals surface area contributed by atoms with Crippen molar-refractivity contribution in [1.29, 1.82) is 5.26 Å². The maximum atomic E-state index is 11.8. The molecule has 0 aliphatic carbocycles. The molecule has 2 aromatic carbocycles. The van der Waals surface area contributed by atoms with E-state index in [2.05, 4.69) is 10.9 Å². The zero-order chi connectivity index (χ0) is 17.4. The van der Waals surface area contributed by atoms with Crippen molar-refractivity contribution >= 4 is 23.4 Å². The molecule has 0 spiro atoms. The molecule has 0 aliphatic heterocycles. The summed E-state index contributed by atoms with van der Waals surface area (Å²) in [5.74, 6) is -0.651. The molecule has 0 saturated carbocycles. The number of nitrogens with zero attached hydrogens (tertiary/aromatic N) is 1. The van der Waals surface area contributed by atoms with Gasteiger partial charge in [-0.1, -0.05) is 41.9 Å². The van der Waals surface area contributed by atoms with Gasteiger partial charge in [-0.15, -0.1) is 0 Å². The third kappa shape index (κ3) is 5.00. The number of ether oxygens (including phenoxy) is 1. The van der Waals surface area contributed by atoms with Gasteiger partial charge in [-0.3, -0.25) is 20.4 Å². The van der Waals surface area contributed by atoms with E-state index >= 15 is 0 Å². The molecule has 0 radical (unpaired) electrons. The molecule has 0 bridgehead atoms. The summed E-state index contributed by atoms with van der Waals surface area (Å²) < 4.78 is 5.25. The van der Waals surface area contributed by atoms with Crippen molar-refractivity contribution < 1.29 is 14.3 Å². The average Bonchev–Trinajstić information content (AvgIpc) is 2.60. The van der Waals surface area contributed by atoms with Crippen LogP contribution >= 0.6 is 11.6 Å². The number of halogens is 1. The molecule has 0 fully saturated rings. The van der Waals surface area contributed by atoms with Crippen LogP contribution in [0.3, 0.4) is 0 Å². The first-order valence-corrected chi connectivity index (χ1v) is 7.41. The second kappa shape index (κ2) is 8.56. The van der Waals surface area contributed by atoms with E-state index in [1.54, 1.807) is 48.5 Å². The minimum Gasteiger partial charge on any atom is -0.482 e. The second-order valence-electron chi connectivity index (χ2n) is 4.76. The van der Waals surface area contributed by atoms with Gasteiger partial charge in [-0.25, -0.2) is 0 Å². The first kappa shape index (κ1) is 17.3. The van der Waals surface area contributed by atoms with Gasteiger partial charge in [0.1, 0.15) is 11.8 Å². The van der Waals surface area contributed by atoms with Gasteiger partial charge >= 0.3 is 0 Å². The smallest absolute Gasteiger partial charge is 0.276 e. The van der Waals surface area contributed by atoms with E-state index in [-0.39, 0.29) is 13.0 Å². The van der Waals surface area contributed by atoms with E-state index < -0.39 is 11.8 Å². The molecule has 2 N–H and O–H groups in total. The van der Waals surface area contributed by atoms with Gasteiger partial charge in [0.15, 0.2) is 6.61 Å². The van der Waals surface area contributed by atoms with E-state index in [1.165, 1.54) is 0 Å². The number of nitriles is 1. The van der Waals surface area contributed by atoms with Crippen molar-refractivity contribution in [3.8, 4) is 11.8 Å². The summed E-state index contributed by atoms with van der Waals surface area (Å²) >= 11 is 5.96. The second-order valence-corrected chi connectivity index (χ2v) is 5.17. The molecule has 24 heavy (non-hydrogen) atoms. The molecule has 2 rings (SSSR count). The Morgan fingerprint density at radius 2 is 1.71 bits per heavy atom. The van der Waals surface area contributed by atoms with E-state index in [1.807, 2.05) is 6.07 Å². The molecular weight excluding hydrogens is 330 g/mol. The Labute approximate surface area is 144 Å². The van der Waals surface area contributed by atoms with Gasteiger partial charge in [-0.2, -0.15) is 5.26 Å². The molecule has 0 saturated heterocycles. The highest BCUT2D eigenvalue weighted by molar-refractivity contribution is 6.31. The van der Waals surface area contributed by atoms with Gasteiger partial charge in [0.25, 0.3) is 5.91 Å². The number of carbonyl (C=O) groups is 2. The fraction of sp³-hybridized carbons (Fsp3) is 0.118. The van der Waals surface area contributed by atoms with Crippen LogP contribution in [-0.4, -0.2) is 18.4 Å². The molecule has 2 aromatic rings. The normalized spacial score (nSPS) is 9.67. The SMILES string of the molecule is N#Cc1ccccc1OCC(=O)NNC(=O)Cc1ccccc1Cl. The fourth-order valence-electron chi connectivity index (χ4n) is 1.86. The van der Waals surface area contributed by atoms with Crippen LogP contribution in [0.2, 0.25) is 5.02 Å². The number of para-hydroxylation sites is 1. The number of amides is 2. The Hall–Kier alpha value is -3.04. The summed E-state index contributed by atoms with van der Waals surface area (Å²) in [4.78, 5) is 23.5. The number of hydrogen-bond donors (Lipinski definition) is 2. The molecule has 0 aliphatic rings. The lowest BCUT2D eigenvalue weighted by molar-refractivity contribution is -0.129. The lowest BCUT2D eigenvalue weighted by Gasteiger charge is -2.10. The summed E-state index contributed by atoms with van der Waals surface area (Å²) in [6.07, 6.45) is 0.0398. The van der Waals surface area contributed by atoms with Crippen molar-refractivity contribution in [2.75, 3.05) is 6.61 Å². The lowest BCUT2D eigenvalue weighted by atomic mass is 10.1. The lowest BCUT2D eigenvalue weighted by Crippen LogP contribution is -2.44. The third-order valence-corrected chi connectivity index (χ3v) is 3.39. The summed E-state index contributed by atoms with van der Waals surface area (Å²) in [5, 5.41) is 9.41. The van der Waals surface area contributed by atoms with Crippen LogP contribution in [-0.2, 0) is 16.0 Å². The monoisotopic (exact) mass is 343 g/mol. The molecular formula is C17H14ClN3O3. The van der Waals surface area contributed by atoms with Crippen LogP contribution in [0.5, 0.6) is 5.75 Å². The summed E-state index contributed by atoms with van der Waals surface area (Å²) in [6, 6.07) is 15.5. The van der Waals surface area contributed by atoms with E-state index in [9.17, 15) is 9.59 Å². The first-order valence-electron chi connectivity index (χ1n) is 7.03. The predicted molar refractivity (Wildman–Crippen MR) is 88.1 cm³/mol. The topological polar surface area (TPSA) is 91.2 Å². The highest BCUT2D eigenvalue weighted by atomic mass is 35.5. The predicted octanol–water partition coefficient (Wildman–Crippen LogP) is 1.98. The molecule has 0 heterocycles. The zero-order valence-electron chi connectivity index (χ0n) is 12.6. The van der Waals surface area contributed by atoms with E-state index in [0.717, 1.165) is 0 Å². The third-order valence-electron chi connectivity index (χ3n) is 3.02. The molecule has 6 nitrogen and oxygen atoms in total. The van der Waals surface area contributed by atoms with Crippen molar-refractivity contribution in [2.45, 2.75) is 6.42 Å². The standard InChI is InChI=1S/C17H14ClN3O3/c18-14-7-3-1-5-12(14)9-16(22)20-21-17(23)11-24-15-8-4-2-6-13(15)10-19/h1-8H,9,11H2,(H,20,22)(H,21,23). The van der Waals surface area contributed by atoms with E-state index in [0.29, 0.717) is 21.9 Å². The number of nitrogens with one attached hydrogen (secondary N) is 2. The highest BCUT2D eigenvalue weighted by Gasteiger charge is 2.09. The minimum atomic E-state index is -0.546. The van der Waals surface area contributed by atoms with Gasteiger partial charge in [0.2, 0.25) is 5.91 Å². The van der Waals surface area contributed by atoms with Crippen LogP contribution in [0.1, 0.15) is 11.1 Å². The van der Waals surface area contributed by atoms with Crippen molar-refractivity contribution in [1.82, 2.24) is 10.9 Å². The molecule has 2 amide bonds. The molecule has 122 valence electrons. The Morgan fingerprint density at radius 3 is 2.46 bits per heavy atom. The van der Waals surface area contributed by atoms with Crippen LogP contribution < -0.4 is 15.6 Å². The molecule has 0 unspecified atom stereocenters. The van der Waals surface area contributed by atoms with Crippen LogP contribution in [0.25, 0.3) is 0 Å². The van der Waals surface area contributed by atoms with Gasteiger partial charge in [0.05, 0.1) is 12.0 Å².